The maximum Gasteiger partial charge on any atom is 0.244 e. The first-order valence-electron chi connectivity index (χ1n) is 5.19. The number of amides is 1. The average Bonchev–Trinajstić information content (AvgIpc) is 2.68. The van der Waals surface area contributed by atoms with E-state index in [1.165, 1.54) is 0 Å². The number of hydrogen-bond donors (Lipinski definition) is 1. The van der Waals surface area contributed by atoms with Gasteiger partial charge >= 0.3 is 0 Å². The molecule has 2 rings (SSSR count). The fourth-order valence-corrected chi connectivity index (χ4v) is 1.86. The summed E-state index contributed by atoms with van der Waals surface area (Å²) in [5, 5.41) is 2.84. The summed E-state index contributed by atoms with van der Waals surface area (Å²) in [5.41, 5.74) is 0.773. The SMILES string of the molecule is Cc1nccn1CC(=O)Nc1ccccc1Br. The molecule has 0 aliphatic carbocycles. The summed E-state index contributed by atoms with van der Waals surface area (Å²) in [7, 11) is 0. The lowest BCUT2D eigenvalue weighted by Gasteiger charge is -2.08. The van der Waals surface area contributed by atoms with Gasteiger partial charge in [0.05, 0.1) is 5.69 Å². The third-order valence-corrected chi connectivity index (χ3v) is 3.08. The zero-order chi connectivity index (χ0) is 12.3. The van der Waals surface area contributed by atoms with E-state index in [4.69, 9.17) is 0 Å². The van der Waals surface area contributed by atoms with Crippen LogP contribution in [0.2, 0.25) is 0 Å². The summed E-state index contributed by atoms with van der Waals surface area (Å²) in [4.78, 5) is 15.9. The van der Waals surface area contributed by atoms with E-state index in [9.17, 15) is 4.79 Å². The lowest BCUT2D eigenvalue weighted by atomic mass is 10.3. The lowest BCUT2D eigenvalue weighted by molar-refractivity contribution is -0.116. The molecule has 1 aromatic heterocycles. The number of benzene rings is 1. The molecule has 17 heavy (non-hydrogen) atoms. The number of aromatic nitrogens is 2. The number of nitrogens with zero attached hydrogens (tertiary/aromatic N) is 2. The van der Waals surface area contributed by atoms with Crippen molar-refractivity contribution in [2.45, 2.75) is 13.5 Å². The lowest BCUT2D eigenvalue weighted by Crippen LogP contribution is -2.19. The van der Waals surface area contributed by atoms with Crippen molar-refractivity contribution in [1.29, 1.82) is 0 Å². The summed E-state index contributed by atoms with van der Waals surface area (Å²) in [6.45, 7) is 2.14. The Bertz CT molecular complexity index is 536. The Labute approximate surface area is 108 Å². The Morgan fingerprint density at radius 2 is 2.24 bits per heavy atom. The molecule has 0 unspecified atom stereocenters. The molecule has 0 saturated heterocycles. The number of rotatable bonds is 3. The topological polar surface area (TPSA) is 46.9 Å². The van der Waals surface area contributed by atoms with Crippen molar-refractivity contribution in [3.8, 4) is 0 Å². The Kier molecular flexibility index (Phi) is 3.58. The molecule has 0 spiro atoms. The summed E-state index contributed by atoms with van der Waals surface area (Å²) >= 11 is 3.38. The van der Waals surface area contributed by atoms with Gasteiger partial charge in [0.15, 0.2) is 0 Å². The largest absolute Gasteiger partial charge is 0.326 e. The molecule has 0 bridgehead atoms. The standard InChI is InChI=1S/C12H12BrN3O/c1-9-14-6-7-16(9)8-12(17)15-11-5-3-2-4-10(11)13/h2-7H,8H2,1H3,(H,15,17). The van der Waals surface area contributed by atoms with Gasteiger partial charge in [-0.1, -0.05) is 12.1 Å². The maximum atomic E-state index is 11.8. The molecule has 0 aliphatic rings. The minimum Gasteiger partial charge on any atom is -0.326 e. The second-order valence-corrected chi connectivity index (χ2v) is 4.48. The number of nitrogens with one attached hydrogen (secondary N) is 1. The maximum absolute atomic E-state index is 11.8. The Morgan fingerprint density at radius 1 is 1.47 bits per heavy atom. The molecule has 0 radical (unpaired) electrons. The molecule has 0 aliphatic heterocycles. The zero-order valence-corrected chi connectivity index (χ0v) is 10.9. The van der Waals surface area contributed by atoms with Crippen LogP contribution in [-0.4, -0.2) is 15.5 Å². The minimum atomic E-state index is -0.0713. The van der Waals surface area contributed by atoms with Crippen LogP contribution in [-0.2, 0) is 11.3 Å². The zero-order valence-electron chi connectivity index (χ0n) is 9.35. The molecule has 88 valence electrons. The molecule has 2 aromatic rings. The van der Waals surface area contributed by atoms with Gasteiger partial charge in [-0.05, 0) is 35.0 Å². The van der Waals surface area contributed by atoms with E-state index in [1.807, 2.05) is 31.2 Å². The molecular formula is C12H12BrN3O. The molecule has 1 aromatic carbocycles. The van der Waals surface area contributed by atoms with Gasteiger partial charge in [0.1, 0.15) is 12.4 Å². The molecule has 1 N–H and O–H groups in total. The van der Waals surface area contributed by atoms with Gasteiger partial charge in [0.25, 0.3) is 0 Å². The second kappa shape index (κ2) is 5.14. The number of imidazole rings is 1. The highest BCUT2D eigenvalue weighted by molar-refractivity contribution is 9.10. The van der Waals surface area contributed by atoms with Crippen molar-refractivity contribution in [3.05, 3.63) is 47.0 Å². The molecule has 5 heteroatoms. The van der Waals surface area contributed by atoms with Gasteiger partial charge < -0.3 is 9.88 Å². The van der Waals surface area contributed by atoms with E-state index < -0.39 is 0 Å². The van der Waals surface area contributed by atoms with Crippen LogP contribution < -0.4 is 5.32 Å². The second-order valence-electron chi connectivity index (χ2n) is 3.63. The predicted molar refractivity (Wildman–Crippen MR) is 69.7 cm³/mol. The van der Waals surface area contributed by atoms with Crippen LogP contribution in [0, 0.1) is 6.92 Å². The highest BCUT2D eigenvalue weighted by atomic mass is 79.9. The quantitative estimate of drug-likeness (QED) is 0.945. The minimum absolute atomic E-state index is 0.0713. The van der Waals surface area contributed by atoms with Crippen molar-refractivity contribution < 1.29 is 4.79 Å². The first-order chi connectivity index (χ1) is 8.16. The molecule has 4 nitrogen and oxygen atoms in total. The molecule has 1 amide bonds. The number of para-hydroxylation sites is 1. The highest BCUT2D eigenvalue weighted by Gasteiger charge is 2.06. The smallest absolute Gasteiger partial charge is 0.244 e. The first kappa shape index (κ1) is 11.9. The number of halogens is 1. The van der Waals surface area contributed by atoms with Crippen LogP contribution in [0.5, 0.6) is 0 Å². The van der Waals surface area contributed by atoms with Crippen molar-refractivity contribution in [1.82, 2.24) is 9.55 Å². The van der Waals surface area contributed by atoms with Gasteiger partial charge in [-0.3, -0.25) is 4.79 Å². The predicted octanol–water partition coefficient (Wildman–Crippen LogP) is 2.59. The van der Waals surface area contributed by atoms with Crippen molar-refractivity contribution in [3.63, 3.8) is 0 Å². The third-order valence-electron chi connectivity index (χ3n) is 2.39. The molecule has 0 atom stereocenters. The van der Waals surface area contributed by atoms with Gasteiger partial charge in [-0.25, -0.2) is 4.98 Å². The van der Waals surface area contributed by atoms with E-state index in [0.717, 1.165) is 16.0 Å². The molecule has 1 heterocycles. The van der Waals surface area contributed by atoms with E-state index in [2.05, 4.69) is 26.2 Å². The van der Waals surface area contributed by atoms with Crippen LogP contribution in [0.4, 0.5) is 5.69 Å². The number of hydrogen-bond acceptors (Lipinski definition) is 2. The third kappa shape index (κ3) is 2.94. The van der Waals surface area contributed by atoms with Crippen LogP contribution >= 0.6 is 15.9 Å². The Morgan fingerprint density at radius 3 is 2.88 bits per heavy atom. The number of carbonyl (C=O) groups excluding carboxylic acids is 1. The van der Waals surface area contributed by atoms with Crippen LogP contribution in [0.1, 0.15) is 5.82 Å². The molecular weight excluding hydrogens is 282 g/mol. The van der Waals surface area contributed by atoms with Crippen LogP contribution in [0.15, 0.2) is 41.1 Å². The Balaban J connectivity index is 2.03. The van der Waals surface area contributed by atoms with Gasteiger partial charge in [-0.2, -0.15) is 0 Å². The Hall–Kier alpha value is -1.62. The summed E-state index contributed by atoms with van der Waals surface area (Å²) < 4.78 is 2.67. The molecule has 0 fully saturated rings. The van der Waals surface area contributed by atoms with Crippen molar-refractivity contribution >= 4 is 27.5 Å². The summed E-state index contributed by atoms with van der Waals surface area (Å²) in [6, 6.07) is 7.52. The normalized spacial score (nSPS) is 10.2. The van der Waals surface area contributed by atoms with Gasteiger partial charge in [-0.15, -0.1) is 0 Å². The fraction of sp³-hybridized carbons (Fsp3) is 0.167. The van der Waals surface area contributed by atoms with Crippen molar-refractivity contribution in [2.24, 2.45) is 0 Å². The fourth-order valence-electron chi connectivity index (χ4n) is 1.48. The monoisotopic (exact) mass is 293 g/mol. The van der Waals surface area contributed by atoms with Crippen LogP contribution in [0.25, 0.3) is 0 Å². The summed E-state index contributed by atoms with van der Waals surface area (Å²) in [5.74, 6) is 0.755. The highest BCUT2D eigenvalue weighted by Crippen LogP contribution is 2.21. The number of anilines is 1. The van der Waals surface area contributed by atoms with Gasteiger partial charge in [0.2, 0.25) is 5.91 Å². The average molecular weight is 294 g/mol. The number of aryl methyl sites for hydroxylation is 1. The number of carbonyl (C=O) groups is 1. The van der Waals surface area contributed by atoms with E-state index >= 15 is 0 Å². The van der Waals surface area contributed by atoms with Crippen molar-refractivity contribution in [2.75, 3.05) is 5.32 Å². The first-order valence-corrected chi connectivity index (χ1v) is 5.98. The van der Waals surface area contributed by atoms with E-state index in [-0.39, 0.29) is 12.5 Å². The van der Waals surface area contributed by atoms with E-state index in [0.29, 0.717) is 0 Å². The summed E-state index contributed by atoms with van der Waals surface area (Å²) in [6.07, 6.45) is 3.47. The molecule has 0 saturated carbocycles. The van der Waals surface area contributed by atoms with Gasteiger partial charge in [0, 0.05) is 16.9 Å². The van der Waals surface area contributed by atoms with E-state index in [1.54, 1.807) is 17.0 Å². The van der Waals surface area contributed by atoms with Crippen LogP contribution in [0.3, 0.4) is 0 Å².